The molecule has 2 aromatic heterocycles. The highest BCUT2D eigenvalue weighted by Crippen LogP contribution is 2.09. The summed E-state index contributed by atoms with van der Waals surface area (Å²) in [4.78, 5) is 30.6. The second-order valence-corrected chi connectivity index (χ2v) is 5.26. The quantitative estimate of drug-likeness (QED) is 0.809. The van der Waals surface area contributed by atoms with E-state index in [1.807, 2.05) is 0 Å². The second kappa shape index (κ2) is 5.31. The van der Waals surface area contributed by atoms with Gasteiger partial charge in [0.2, 0.25) is 0 Å². The third-order valence-corrected chi connectivity index (χ3v) is 3.80. The van der Waals surface area contributed by atoms with Gasteiger partial charge in [-0.25, -0.2) is 4.98 Å². The molecule has 20 heavy (non-hydrogen) atoms. The van der Waals surface area contributed by atoms with Gasteiger partial charge in [0.05, 0.1) is 19.8 Å². The van der Waals surface area contributed by atoms with Crippen LogP contribution in [-0.2, 0) is 9.47 Å². The highest BCUT2D eigenvalue weighted by molar-refractivity contribution is 7.15. The smallest absolute Gasteiger partial charge is 0.271 e. The monoisotopic (exact) mass is 295 g/mol. The lowest BCUT2D eigenvalue weighted by Crippen LogP contribution is -2.38. The lowest BCUT2D eigenvalue weighted by molar-refractivity contribution is -0.0543. The van der Waals surface area contributed by atoms with E-state index in [0.29, 0.717) is 18.2 Å². The zero-order chi connectivity index (χ0) is 14.1. The number of rotatable bonds is 3. The molecule has 0 N–H and O–H groups in total. The minimum Gasteiger partial charge on any atom is -0.348 e. The van der Waals surface area contributed by atoms with Crippen LogP contribution in [0.25, 0.3) is 4.96 Å². The number of carbonyl (C=O) groups excluding carboxylic acids is 1. The number of likely N-dealkylation sites (N-methyl/N-ethyl adjacent to an activating group) is 1. The maximum atomic E-state index is 12.3. The Morgan fingerprint density at radius 3 is 3.05 bits per heavy atom. The van der Waals surface area contributed by atoms with E-state index < -0.39 is 6.29 Å². The highest BCUT2D eigenvalue weighted by atomic mass is 32.1. The average Bonchev–Trinajstić information content (AvgIpc) is 3.09. The van der Waals surface area contributed by atoms with Crippen LogP contribution in [0.2, 0.25) is 0 Å². The lowest BCUT2D eigenvalue weighted by Gasteiger charge is -2.19. The molecule has 0 bridgehead atoms. The van der Waals surface area contributed by atoms with Crippen molar-refractivity contribution in [1.82, 2.24) is 14.3 Å². The Hall–Kier alpha value is -1.77. The van der Waals surface area contributed by atoms with Crippen molar-refractivity contribution in [3.05, 3.63) is 33.7 Å². The van der Waals surface area contributed by atoms with Gasteiger partial charge in [0.15, 0.2) is 11.3 Å². The van der Waals surface area contributed by atoms with Gasteiger partial charge in [-0.1, -0.05) is 0 Å². The first kappa shape index (κ1) is 13.2. The molecule has 3 heterocycles. The summed E-state index contributed by atoms with van der Waals surface area (Å²) in [5.41, 5.74) is -0.317. The number of ether oxygens (including phenoxy) is 2. The van der Waals surface area contributed by atoms with Gasteiger partial charge >= 0.3 is 0 Å². The van der Waals surface area contributed by atoms with Crippen molar-refractivity contribution < 1.29 is 14.3 Å². The second-order valence-electron chi connectivity index (χ2n) is 4.39. The van der Waals surface area contributed by atoms with E-state index in [-0.39, 0.29) is 23.6 Å². The highest BCUT2D eigenvalue weighted by Gasteiger charge is 2.23. The third kappa shape index (κ3) is 2.33. The minimum absolute atomic E-state index is 0.0430. The van der Waals surface area contributed by atoms with Crippen molar-refractivity contribution in [3.63, 3.8) is 0 Å². The van der Waals surface area contributed by atoms with E-state index in [4.69, 9.17) is 9.47 Å². The maximum Gasteiger partial charge on any atom is 0.271 e. The molecular weight excluding hydrogens is 282 g/mol. The number of nitrogens with zero attached hydrogens (tertiary/aromatic N) is 3. The molecule has 1 aliphatic heterocycles. The largest absolute Gasteiger partial charge is 0.348 e. The SMILES string of the molecule is CN(CC1OCCO1)C(=O)c1cnc2sccn2c1=O. The summed E-state index contributed by atoms with van der Waals surface area (Å²) in [5.74, 6) is -0.387. The fourth-order valence-electron chi connectivity index (χ4n) is 2.00. The molecule has 1 fully saturated rings. The molecule has 0 saturated carbocycles. The molecule has 0 aliphatic carbocycles. The first-order chi connectivity index (χ1) is 9.66. The van der Waals surface area contributed by atoms with Crippen LogP contribution in [0.5, 0.6) is 0 Å². The molecule has 106 valence electrons. The molecular formula is C12H13N3O4S. The Bertz CT molecular complexity index is 689. The standard InChI is InChI=1S/C12H13N3O4S/c1-14(7-9-18-3-4-19-9)10(16)8-6-13-12-15(11(8)17)2-5-20-12/h2,5-6,9H,3-4,7H2,1H3. The predicted molar refractivity (Wildman–Crippen MR) is 72.0 cm³/mol. The van der Waals surface area contributed by atoms with Gasteiger partial charge in [-0.3, -0.25) is 14.0 Å². The van der Waals surface area contributed by atoms with Crippen molar-refractivity contribution in [2.75, 3.05) is 26.8 Å². The summed E-state index contributed by atoms with van der Waals surface area (Å²) in [5, 5.41) is 1.75. The van der Waals surface area contributed by atoms with Gasteiger partial charge in [-0.2, -0.15) is 0 Å². The molecule has 7 nitrogen and oxygen atoms in total. The summed E-state index contributed by atoms with van der Waals surface area (Å²) >= 11 is 1.34. The van der Waals surface area contributed by atoms with Crippen molar-refractivity contribution >= 4 is 22.2 Å². The third-order valence-electron chi connectivity index (χ3n) is 3.03. The molecule has 0 radical (unpaired) electrons. The molecule has 0 atom stereocenters. The molecule has 0 spiro atoms. The Balaban J connectivity index is 1.84. The van der Waals surface area contributed by atoms with E-state index in [1.165, 1.54) is 26.8 Å². The van der Waals surface area contributed by atoms with Crippen molar-refractivity contribution in [2.24, 2.45) is 0 Å². The number of amides is 1. The van der Waals surface area contributed by atoms with Crippen molar-refractivity contribution in [2.45, 2.75) is 6.29 Å². The molecule has 0 aromatic carbocycles. The van der Waals surface area contributed by atoms with E-state index in [1.54, 1.807) is 18.6 Å². The molecule has 1 amide bonds. The summed E-state index contributed by atoms with van der Waals surface area (Å²) in [6.07, 6.45) is 2.50. The molecule has 1 aliphatic rings. The van der Waals surface area contributed by atoms with Gasteiger partial charge < -0.3 is 14.4 Å². The predicted octanol–water partition coefficient (Wildman–Crippen LogP) is 0.201. The van der Waals surface area contributed by atoms with Crippen LogP contribution in [0.3, 0.4) is 0 Å². The lowest BCUT2D eigenvalue weighted by atomic mass is 10.3. The van der Waals surface area contributed by atoms with E-state index in [0.717, 1.165) is 0 Å². The number of carbonyl (C=O) groups is 1. The Morgan fingerprint density at radius 1 is 1.55 bits per heavy atom. The van der Waals surface area contributed by atoms with E-state index in [9.17, 15) is 9.59 Å². The number of fused-ring (bicyclic) bond motifs is 1. The molecule has 3 rings (SSSR count). The van der Waals surface area contributed by atoms with Crippen LogP contribution in [0.4, 0.5) is 0 Å². The van der Waals surface area contributed by atoms with Gasteiger partial charge in [-0.05, 0) is 0 Å². The Labute approximate surface area is 118 Å². The average molecular weight is 295 g/mol. The van der Waals surface area contributed by atoms with Crippen LogP contribution in [-0.4, -0.2) is 53.3 Å². The van der Waals surface area contributed by atoms with Gasteiger partial charge in [0.25, 0.3) is 11.5 Å². The van der Waals surface area contributed by atoms with Crippen LogP contribution in [0.1, 0.15) is 10.4 Å². The first-order valence-corrected chi connectivity index (χ1v) is 6.98. The van der Waals surface area contributed by atoms with Gasteiger partial charge in [-0.15, -0.1) is 11.3 Å². The molecule has 0 unspecified atom stereocenters. The number of hydrogen-bond donors (Lipinski definition) is 0. The van der Waals surface area contributed by atoms with Crippen LogP contribution in [0.15, 0.2) is 22.6 Å². The fourth-order valence-corrected chi connectivity index (χ4v) is 2.67. The van der Waals surface area contributed by atoms with Crippen LogP contribution in [0, 0.1) is 0 Å². The summed E-state index contributed by atoms with van der Waals surface area (Å²) in [6, 6.07) is 0. The topological polar surface area (TPSA) is 73.1 Å². The number of aromatic nitrogens is 2. The van der Waals surface area contributed by atoms with E-state index in [2.05, 4.69) is 4.98 Å². The van der Waals surface area contributed by atoms with Crippen LogP contribution >= 0.6 is 11.3 Å². The fraction of sp³-hybridized carbons (Fsp3) is 0.417. The van der Waals surface area contributed by atoms with E-state index >= 15 is 0 Å². The molecule has 1 saturated heterocycles. The summed E-state index contributed by atoms with van der Waals surface area (Å²) in [7, 11) is 1.61. The summed E-state index contributed by atoms with van der Waals surface area (Å²) < 4.78 is 11.9. The first-order valence-electron chi connectivity index (χ1n) is 6.10. The Morgan fingerprint density at radius 2 is 2.30 bits per heavy atom. The minimum atomic E-state index is -0.426. The molecule has 2 aromatic rings. The number of hydrogen-bond acceptors (Lipinski definition) is 6. The van der Waals surface area contributed by atoms with Gasteiger partial charge in [0, 0.05) is 24.8 Å². The zero-order valence-electron chi connectivity index (χ0n) is 10.8. The summed E-state index contributed by atoms with van der Waals surface area (Å²) in [6.45, 7) is 1.33. The van der Waals surface area contributed by atoms with Crippen molar-refractivity contribution in [1.29, 1.82) is 0 Å². The maximum absolute atomic E-state index is 12.3. The zero-order valence-corrected chi connectivity index (χ0v) is 11.6. The normalized spacial score (nSPS) is 15.8. The van der Waals surface area contributed by atoms with Gasteiger partial charge in [0.1, 0.15) is 5.56 Å². The van der Waals surface area contributed by atoms with Crippen LogP contribution < -0.4 is 5.56 Å². The Kier molecular flexibility index (Phi) is 3.51. The molecule has 8 heteroatoms. The van der Waals surface area contributed by atoms with Crippen molar-refractivity contribution in [3.8, 4) is 0 Å². The number of thiazole rings is 1.